The molecule has 2 aliphatic rings. The van der Waals surface area contributed by atoms with Crippen molar-refractivity contribution < 1.29 is 9.18 Å². The third-order valence-corrected chi connectivity index (χ3v) is 4.74. The Labute approximate surface area is 137 Å². The van der Waals surface area contributed by atoms with Crippen molar-refractivity contribution in [2.45, 2.75) is 44.1 Å². The van der Waals surface area contributed by atoms with Gasteiger partial charge >= 0.3 is 0 Å². The van der Waals surface area contributed by atoms with E-state index in [9.17, 15) is 9.18 Å². The lowest BCUT2D eigenvalue weighted by molar-refractivity contribution is -0.122. The molecule has 1 aliphatic carbocycles. The molecule has 0 bridgehead atoms. The maximum Gasteiger partial charge on any atom is 0.220 e. The van der Waals surface area contributed by atoms with Gasteiger partial charge in [0.1, 0.15) is 5.82 Å². The van der Waals surface area contributed by atoms with Gasteiger partial charge in [-0.05, 0) is 68.8 Å². The molecule has 1 aromatic rings. The second-order valence-corrected chi connectivity index (χ2v) is 6.37. The predicted octanol–water partition coefficient (Wildman–Crippen LogP) is 3.13. The number of carbonyl (C=O) groups is 1. The van der Waals surface area contributed by atoms with Gasteiger partial charge in [0, 0.05) is 6.42 Å². The summed E-state index contributed by atoms with van der Waals surface area (Å²) < 4.78 is 13.3. The number of amides is 1. The molecule has 0 aromatic heterocycles. The number of carbonyl (C=O) groups excluding carboxylic acids is 1. The van der Waals surface area contributed by atoms with Gasteiger partial charge in [0.2, 0.25) is 5.91 Å². The van der Waals surface area contributed by atoms with Crippen LogP contribution in [0.25, 0.3) is 0 Å². The summed E-state index contributed by atoms with van der Waals surface area (Å²) in [4.78, 5) is 12.2. The Kier molecular flexibility index (Phi) is 5.81. The van der Waals surface area contributed by atoms with Gasteiger partial charge in [-0.1, -0.05) is 12.1 Å². The highest BCUT2D eigenvalue weighted by Gasteiger charge is 2.45. The molecule has 1 saturated carbocycles. The Morgan fingerprint density at radius 2 is 2.05 bits per heavy atom. The van der Waals surface area contributed by atoms with Crippen LogP contribution in [0.4, 0.5) is 4.39 Å². The van der Waals surface area contributed by atoms with E-state index in [1.807, 2.05) is 6.07 Å². The Hall–Kier alpha value is -1.13. The molecule has 1 heterocycles. The summed E-state index contributed by atoms with van der Waals surface area (Å²) in [5.74, 6) is 0.541. The maximum atomic E-state index is 13.3. The lowest BCUT2D eigenvalue weighted by Crippen LogP contribution is -2.35. The first-order chi connectivity index (χ1) is 10.2. The first-order valence-electron chi connectivity index (χ1n) is 7.96. The summed E-state index contributed by atoms with van der Waals surface area (Å²) in [5.41, 5.74) is 0.602. The third kappa shape index (κ3) is 4.20. The number of rotatable bonds is 5. The van der Waals surface area contributed by atoms with Crippen molar-refractivity contribution in [3.63, 3.8) is 0 Å². The molecule has 5 heteroatoms. The van der Waals surface area contributed by atoms with Crippen molar-refractivity contribution in [3.8, 4) is 0 Å². The van der Waals surface area contributed by atoms with E-state index < -0.39 is 0 Å². The van der Waals surface area contributed by atoms with E-state index in [1.54, 1.807) is 12.1 Å². The highest BCUT2D eigenvalue weighted by Crippen LogP contribution is 2.45. The maximum absolute atomic E-state index is 13.3. The summed E-state index contributed by atoms with van der Waals surface area (Å²) in [6, 6.07) is 6.60. The highest BCUT2D eigenvalue weighted by atomic mass is 35.5. The number of nitrogens with one attached hydrogen (secondary N) is 2. The second-order valence-electron chi connectivity index (χ2n) is 6.37. The van der Waals surface area contributed by atoms with Crippen molar-refractivity contribution in [2.75, 3.05) is 13.1 Å². The largest absolute Gasteiger partial charge is 0.347 e. The van der Waals surface area contributed by atoms with Crippen molar-refractivity contribution in [2.24, 2.45) is 5.92 Å². The molecular formula is C17H24ClFN2O. The molecule has 3 nitrogen and oxygen atoms in total. The van der Waals surface area contributed by atoms with E-state index in [1.165, 1.54) is 18.9 Å². The van der Waals surface area contributed by atoms with Crippen LogP contribution in [0, 0.1) is 11.7 Å². The Morgan fingerprint density at radius 1 is 1.32 bits per heavy atom. The van der Waals surface area contributed by atoms with Crippen LogP contribution in [0.15, 0.2) is 24.3 Å². The molecule has 2 N–H and O–H groups in total. The monoisotopic (exact) mass is 326 g/mol. The first-order valence-corrected chi connectivity index (χ1v) is 7.96. The van der Waals surface area contributed by atoms with E-state index in [2.05, 4.69) is 10.6 Å². The molecular weight excluding hydrogens is 303 g/mol. The number of piperidine rings is 1. The molecule has 122 valence electrons. The van der Waals surface area contributed by atoms with Crippen LogP contribution in [0.3, 0.4) is 0 Å². The summed E-state index contributed by atoms with van der Waals surface area (Å²) >= 11 is 0. The van der Waals surface area contributed by atoms with Crippen LogP contribution in [-0.2, 0) is 10.3 Å². The van der Waals surface area contributed by atoms with Crippen LogP contribution in [-0.4, -0.2) is 19.0 Å². The van der Waals surface area contributed by atoms with E-state index in [4.69, 9.17) is 0 Å². The summed E-state index contributed by atoms with van der Waals surface area (Å²) in [5, 5.41) is 6.47. The average Bonchev–Trinajstić information content (AvgIpc) is 3.27. The molecule has 1 saturated heterocycles. The number of benzene rings is 1. The van der Waals surface area contributed by atoms with Crippen LogP contribution >= 0.6 is 12.4 Å². The standard InChI is InChI=1S/C17H23FN2O.ClH/c18-15-3-1-2-14(12-15)17(8-9-17)20-16(21)5-4-13-6-10-19-11-7-13;/h1-3,12-13,19H,4-11H2,(H,20,21);1H. The minimum Gasteiger partial charge on any atom is -0.347 e. The summed E-state index contributed by atoms with van der Waals surface area (Å²) in [6.07, 6.45) is 5.71. The number of halogens is 2. The molecule has 0 radical (unpaired) electrons. The van der Waals surface area contributed by atoms with Gasteiger partial charge in [-0.25, -0.2) is 4.39 Å². The van der Waals surface area contributed by atoms with Crippen molar-refractivity contribution >= 4 is 18.3 Å². The Bertz CT molecular complexity index is 513. The molecule has 1 aromatic carbocycles. The van der Waals surface area contributed by atoms with E-state index in [0.717, 1.165) is 37.9 Å². The quantitative estimate of drug-likeness (QED) is 0.873. The highest BCUT2D eigenvalue weighted by molar-refractivity contribution is 5.85. The van der Waals surface area contributed by atoms with E-state index >= 15 is 0 Å². The average molecular weight is 327 g/mol. The van der Waals surface area contributed by atoms with Gasteiger partial charge in [0.05, 0.1) is 5.54 Å². The Balaban J connectivity index is 0.00000176. The van der Waals surface area contributed by atoms with Crippen LogP contribution in [0.5, 0.6) is 0 Å². The SMILES string of the molecule is Cl.O=C(CCC1CCNCC1)NC1(c2cccc(F)c2)CC1. The fraction of sp³-hybridized carbons (Fsp3) is 0.588. The van der Waals surface area contributed by atoms with Crippen LogP contribution in [0.1, 0.15) is 44.1 Å². The van der Waals surface area contributed by atoms with Gasteiger partial charge in [-0.2, -0.15) is 0 Å². The lowest BCUT2D eigenvalue weighted by Gasteiger charge is -2.23. The van der Waals surface area contributed by atoms with E-state index in [0.29, 0.717) is 12.3 Å². The predicted molar refractivity (Wildman–Crippen MR) is 87.5 cm³/mol. The molecule has 1 amide bonds. The lowest BCUT2D eigenvalue weighted by atomic mass is 9.93. The topological polar surface area (TPSA) is 41.1 Å². The van der Waals surface area contributed by atoms with Crippen molar-refractivity contribution in [3.05, 3.63) is 35.6 Å². The normalized spacial score (nSPS) is 20.0. The van der Waals surface area contributed by atoms with Gasteiger partial charge in [-0.15, -0.1) is 12.4 Å². The first kappa shape index (κ1) is 17.2. The molecule has 1 aliphatic heterocycles. The van der Waals surface area contributed by atoms with E-state index in [-0.39, 0.29) is 29.7 Å². The summed E-state index contributed by atoms with van der Waals surface area (Å²) in [7, 11) is 0. The van der Waals surface area contributed by atoms with Gasteiger partial charge < -0.3 is 10.6 Å². The summed E-state index contributed by atoms with van der Waals surface area (Å²) in [6.45, 7) is 2.14. The smallest absolute Gasteiger partial charge is 0.220 e. The fourth-order valence-corrected chi connectivity index (χ4v) is 3.23. The second kappa shape index (κ2) is 7.42. The zero-order chi connectivity index (χ0) is 14.7. The molecule has 3 rings (SSSR count). The Morgan fingerprint density at radius 3 is 2.68 bits per heavy atom. The molecule has 2 fully saturated rings. The fourth-order valence-electron chi connectivity index (χ4n) is 3.23. The molecule has 0 unspecified atom stereocenters. The van der Waals surface area contributed by atoms with Crippen molar-refractivity contribution in [1.29, 1.82) is 0 Å². The minimum absolute atomic E-state index is 0. The zero-order valence-electron chi connectivity index (χ0n) is 12.7. The van der Waals surface area contributed by atoms with Crippen LogP contribution in [0.2, 0.25) is 0 Å². The zero-order valence-corrected chi connectivity index (χ0v) is 13.6. The van der Waals surface area contributed by atoms with Crippen molar-refractivity contribution in [1.82, 2.24) is 10.6 Å². The minimum atomic E-state index is -0.298. The number of hydrogen-bond donors (Lipinski definition) is 2. The number of hydrogen-bond acceptors (Lipinski definition) is 2. The third-order valence-electron chi connectivity index (χ3n) is 4.74. The molecule has 22 heavy (non-hydrogen) atoms. The molecule has 0 atom stereocenters. The molecule has 0 spiro atoms. The van der Waals surface area contributed by atoms with Gasteiger partial charge in [0.15, 0.2) is 0 Å². The van der Waals surface area contributed by atoms with Gasteiger partial charge in [0.25, 0.3) is 0 Å². The van der Waals surface area contributed by atoms with Gasteiger partial charge in [-0.3, -0.25) is 4.79 Å². The van der Waals surface area contributed by atoms with Crippen LogP contribution < -0.4 is 10.6 Å².